The van der Waals surface area contributed by atoms with E-state index in [1.165, 1.54) is 18.3 Å². The first-order chi connectivity index (χ1) is 8.69. The summed E-state index contributed by atoms with van der Waals surface area (Å²) in [6, 6.07) is 6.18. The number of anilines is 1. The van der Waals surface area contributed by atoms with Crippen molar-refractivity contribution in [2.75, 3.05) is 5.32 Å². The van der Waals surface area contributed by atoms with Gasteiger partial charge in [-0.15, -0.1) is 0 Å². The fourth-order valence-electron chi connectivity index (χ4n) is 1.39. The lowest BCUT2D eigenvalue weighted by atomic mass is 10.2. The van der Waals surface area contributed by atoms with Crippen LogP contribution in [0, 0.1) is 0 Å². The summed E-state index contributed by atoms with van der Waals surface area (Å²) in [4.78, 5) is 29.3. The number of nitrogens with two attached hydrogens (primary N) is 1. The first kappa shape index (κ1) is 12.0. The van der Waals surface area contributed by atoms with Crippen LogP contribution in [0.2, 0.25) is 0 Å². The number of aromatic amines is 1. The minimum absolute atomic E-state index is 0.281. The third-order valence-corrected chi connectivity index (χ3v) is 2.34. The van der Waals surface area contributed by atoms with Gasteiger partial charge in [-0.05, 0) is 17.7 Å². The van der Waals surface area contributed by atoms with Crippen LogP contribution in [-0.4, -0.2) is 15.9 Å². The molecular weight excluding hydrogens is 232 g/mol. The van der Waals surface area contributed by atoms with Gasteiger partial charge in [-0.25, -0.2) is 4.98 Å². The smallest absolute Gasteiger partial charge is 0.257 e. The van der Waals surface area contributed by atoms with Crippen LogP contribution in [0.4, 0.5) is 5.82 Å². The normalized spacial score (nSPS) is 10.1. The van der Waals surface area contributed by atoms with E-state index in [9.17, 15) is 9.59 Å². The number of hydrogen-bond donors (Lipinski definition) is 3. The van der Waals surface area contributed by atoms with Gasteiger partial charge in [-0.3, -0.25) is 9.59 Å². The molecule has 4 N–H and O–H groups in total. The van der Waals surface area contributed by atoms with Gasteiger partial charge in [0.2, 0.25) is 5.56 Å². The standard InChI is InChI=1S/C12H12N4O2/c13-6-8-1-2-10(15-7-8)16-12(18)9-3-4-14-11(17)5-9/h1-5,7H,6,13H2,(H,14,17)(H,15,16,18). The highest BCUT2D eigenvalue weighted by Crippen LogP contribution is 2.06. The molecule has 2 rings (SSSR count). The molecule has 0 spiro atoms. The van der Waals surface area contributed by atoms with E-state index in [1.807, 2.05) is 0 Å². The van der Waals surface area contributed by atoms with E-state index < -0.39 is 0 Å². The van der Waals surface area contributed by atoms with E-state index >= 15 is 0 Å². The number of H-pyrrole nitrogens is 1. The van der Waals surface area contributed by atoms with Crippen molar-refractivity contribution in [2.24, 2.45) is 5.73 Å². The van der Waals surface area contributed by atoms with Crippen LogP contribution in [0.25, 0.3) is 0 Å². The molecule has 0 unspecified atom stereocenters. The lowest BCUT2D eigenvalue weighted by Crippen LogP contribution is -2.16. The molecule has 0 aliphatic heterocycles. The number of nitrogens with one attached hydrogen (secondary N) is 2. The Kier molecular flexibility index (Phi) is 3.49. The highest BCUT2D eigenvalue weighted by atomic mass is 16.2. The Morgan fingerprint density at radius 1 is 1.39 bits per heavy atom. The van der Waals surface area contributed by atoms with Crippen LogP contribution >= 0.6 is 0 Å². The predicted molar refractivity (Wildman–Crippen MR) is 67.1 cm³/mol. The summed E-state index contributed by atoms with van der Waals surface area (Å²) < 4.78 is 0. The topological polar surface area (TPSA) is 101 Å². The van der Waals surface area contributed by atoms with Crippen LogP contribution in [0.3, 0.4) is 0 Å². The predicted octanol–water partition coefficient (Wildman–Crippen LogP) is 0.481. The van der Waals surface area contributed by atoms with E-state index in [0.717, 1.165) is 5.56 Å². The summed E-state index contributed by atoms with van der Waals surface area (Å²) >= 11 is 0. The lowest BCUT2D eigenvalue weighted by Gasteiger charge is -2.04. The summed E-state index contributed by atoms with van der Waals surface area (Å²) in [5, 5.41) is 2.59. The van der Waals surface area contributed by atoms with Crippen molar-refractivity contribution in [2.45, 2.75) is 6.54 Å². The van der Waals surface area contributed by atoms with Crippen LogP contribution in [0.1, 0.15) is 15.9 Å². The molecule has 0 aromatic carbocycles. The zero-order valence-corrected chi connectivity index (χ0v) is 9.51. The molecule has 92 valence electrons. The lowest BCUT2D eigenvalue weighted by molar-refractivity contribution is 0.102. The number of rotatable bonds is 3. The number of carbonyl (C=O) groups is 1. The van der Waals surface area contributed by atoms with Gasteiger partial charge < -0.3 is 16.0 Å². The first-order valence-electron chi connectivity index (χ1n) is 5.34. The molecule has 6 heteroatoms. The molecule has 0 aliphatic carbocycles. The molecule has 0 fully saturated rings. The molecule has 0 bridgehead atoms. The Labute approximate surface area is 103 Å². The maximum atomic E-state index is 11.8. The van der Waals surface area contributed by atoms with Gasteiger partial charge in [0.05, 0.1) is 0 Å². The minimum atomic E-state index is -0.380. The Morgan fingerprint density at radius 3 is 2.83 bits per heavy atom. The molecule has 0 atom stereocenters. The summed E-state index contributed by atoms with van der Waals surface area (Å²) in [6.45, 7) is 0.398. The quantitative estimate of drug-likeness (QED) is 0.731. The second-order valence-corrected chi connectivity index (χ2v) is 3.65. The Balaban J connectivity index is 2.13. The summed E-state index contributed by atoms with van der Waals surface area (Å²) in [6.07, 6.45) is 3.01. The van der Waals surface area contributed by atoms with Crippen LogP contribution in [0.5, 0.6) is 0 Å². The van der Waals surface area contributed by atoms with Gasteiger partial charge >= 0.3 is 0 Å². The second-order valence-electron chi connectivity index (χ2n) is 3.65. The minimum Gasteiger partial charge on any atom is -0.329 e. The monoisotopic (exact) mass is 244 g/mol. The highest BCUT2D eigenvalue weighted by Gasteiger charge is 2.06. The SMILES string of the molecule is NCc1ccc(NC(=O)c2cc[nH]c(=O)c2)nc1. The highest BCUT2D eigenvalue weighted by molar-refractivity contribution is 6.03. The molecule has 0 saturated carbocycles. The fraction of sp³-hybridized carbons (Fsp3) is 0.0833. The molecule has 6 nitrogen and oxygen atoms in total. The van der Waals surface area contributed by atoms with Crippen molar-refractivity contribution >= 4 is 11.7 Å². The molecule has 2 heterocycles. The van der Waals surface area contributed by atoms with Crippen molar-refractivity contribution < 1.29 is 4.79 Å². The number of pyridine rings is 2. The summed E-state index contributed by atoms with van der Waals surface area (Å²) in [5.74, 6) is 0.0339. The average molecular weight is 244 g/mol. The van der Waals surface area contributed by atoms with Gasteiger partial charge in [0.15, 0.2) is 0 Å². The zero-order chi connectivity index (χ0) is 13.0. The van der Waals surface area contributed by atoms with Crippen molar-refractivity contribution in [3.05, 3.63) is 58.1 Å². The maximum absolute atomic E-state index is 11.8. The Morgan fingerprint density at radius 2 is 2.22 bits per heavy atom. The largest absolute Gasteiger partial charge is 0.329 e. The van der Waals surface area contributed by atoms with Crippen molar-refractivity contribution in [1.29, 1.82) is 0 Å². The molecule has 1 amide bonds. The zero-order valence-electron chi connectivity index (χ0n) is 9.51. The molecule has 0 saturated heterocycles. The third kappa shape index (κ3) is 2.80. The number of nitrogens with zero attached hydrogens (tertiary/aromatic N) is 1. The van der Waals surface area contributed by atoms with Crippen LogP contribution in [0.15, 0.2) is 41.5 Å². The second kappa shape index (κ2) is 5.24. The molecule has 2 aromatic rings. The first-order valence-corrected chi connectivity index (χ1v) is 5.34. The van der Waals surface area contributed by atoms with Gasteiger partial charge in [-0.2, -0.15) is 0 Å². The number of hydrogen-bond acceptors (Lipinski definition) is 4. The van der Waals surface area contributed by atoms with Crippen LogP contribution in [-0.2, 0) is 6.54 Å². The Hall–Kier alpha value is -2.47. The van der Waals surface area contributed by atoms with Crippen molar-refractivity contribution in [3.8, 4) is 0 Å². The van der Waals surface area contributed by atoms with Crippen molar-refractivity contribution in [3.63, 3.8) is 0 Å². The third-order valence-electron chi connectivity index (χ3n) is 2.34. The van der Waals surface area contributed by atoms with E-state index in [4.69, 9.17) is 5.73 Å². The van der Waals surface area contributed by atoms with Gasteiger partial charge in [0, 0.05) is 30.6 Å². The molecular formula is C12H12N4O2. The van der Waals surface area contributed by atoms with Gasteiger partial charge in [0.25, 0.3) is 5.91 Å². The van der Waals surface area contributed by atoms with Crippen molar-refractivity contribution in [1.82, 2.24) is 9.97 Å². The molecule has 0 radical (unpaired) electrons. The Bertz CT molecular complexity index is 604. The van der Waals surface area contributed by atoms with Crippen LogP contribution < -0.4 is 16.6 Å². The summed E-state index contributed by atoms with van der Waals surface area (Å²) in [7, 11) is 0. The van der Waals surface area contributed by atoms with Gasteiger partial charge in [0.1, 0.15) is 5.82 Å². The van der Waals surface area contributed by atoms with E-state index in [0.29, 0.717) is 12.4 Å². The van der Waals surface area contributed by atoms with E-state index in [1.54, 1.807) is 18.3 Å². The van der Waals surface area contributed by atoms with E-state index in [2.05, 4.69) is 15.3 Å². The maximum Gasteiger partial charge on any atom is 0.257 e. The fourth-order valence-corrected chi connectivity index (χ4v) is 1.39. The molecule has 0 aliphatic rings. The van der Waals surface area contributed by atoms with Gasteiger partial charge in [-0.1, -0.05) is 6.07 Å². The average Bonchev–Trinajstić information content (AvgIpc) is 2.39. The number of amides is 1. The molecule has 2 aromatic heterocycles. The number of aromatic nitrogens is 2. The number of carbonyl (C=O) groups excluding carboxylic acids is 1. The summed E-state index contributed by atoms with van der Waals surface area (Å²) in [5.41, 5.74) is 6.28. The molecule has 18 heavy (non-hydrogen) atoms. The van der Waals surface area contributed by atoms with E-state index in [-0.39, 0.29) is 17.0 Å².